The maximum absolute atomic E-state index is 12.9. The molecule has 5 heterocycles. The fourth-order valence-electron chi connectivity index (χ4n) is 6.66. The van der Waals surface area contributed by atoms with Gasteiger partial charge in [0, 0.05) is 80.2 Å². The Morgan fingerprint density at radius 3 is 2.37 bits per heavy atom. The highest BCUT2D eigenvalue weighted by molar-refractivity contribution is 5.77. The minimum Gasteiger partial charge on any atom is -0.323 e. The fourth-order valence-corrected chi connectivity index (χ4v) is 6.66. The maximum Gasteiger partial charge on any atom is 0.408 e. The summed E-state index contributed by atoms with van der Waals surface area (Å²) in [6, 6.07) is 0.144. The summed E-state index contributed by atoms with van der Waals surface area (Å²) in [7, 11) is 0. The van der Waals surface area contributed by atoms with Crippen molar-refractivity contribution in [2.24, 2.45) is 10.8 Å². The third-order valence-electron chi connectivity index (χ3n) is 8.41. The number of hydrogen-bond donors (Lipinski definition) is 1. The SMILES string of the molecule is O=C(N1CC2(CC(c3n[nH]c(C4CC4)n3)C2)C1)N1CC2(CN(Cc3cnn(CC(F)(F)F)c3)C2)C1. The van der Waals surface area contributed by atoms with Crippen LogP contribution < -0.4 is 0 Å². The first kappa shape index (κ1) is 21.6. The second-order valence-corrected chi connectivity index (χ2v) is 11.8. The number of alkyl halides is 3. The third-order valence-corrected chi connectivity index (χ3v) is 8.41. The van der Waals surface area contributed by atoms with Crippen molar-refractivity contribution in [2.45, 2.75) is 56.8 Å². The average Bonchev–Trinajstić information content (AvgIpc) is 3.24. The quantitative estimate of drug-likeness (QED) is 0.696. The number of likely N-dealkylation sites (tertiary alicyclic amines) is 3. The largest absolute Gasteiger partial charge is 0.408 e. The molecule has 1 N–H and O–H groups in total. The Bertz CT molecular complexity index is 1130. The van der Waals surface area contributed by atoms with E-state index in [1.165, 1.54) is 25.2 Å². The summed E-state index contributed by atoms with van der Waals surface area (Å²) in [6.45, 7) is 4.47. The minimum absolute atomic E-state index is 0.144. The maximum atomic E-state index is 12.9. The van der Waals surface area contributed by atoms with Crippen molar-refractivity contribution < 1.29 is 18.0 Å². The van der Waals surface area contributed by atoms with Crippen LogP contribution in [0.15, 0.2) is 12.4 Å². The average molecular weight is 491 g/mol. The normalized spacial score (nSPS) is 25.3. The Morgan fingerprint density at radius 1 is 1.03 bits per heavy atom. The van der Waals surface area contributed by atoms with E-state index < -0.39 is 12.7 Å². The third kappa shape index (κ3) is 3.89. The number of nitrogens with zero attached hydrogens (tertiary/aromatic N) is 7. The van der Waals surface area contributed by atoms with Crippen LogP contribution in [0.5, 0.6) is 0 Å². The lowest BCUT2D eigenvalue weighted by molar-refractivity contribution is -0.142. The molecule has 0 bridgehead atoms. The number of aromatic amines is 1. The second kappa shape index (κ2) is 7.21. The molecule has 12 heteroatoms. The van der Waals surface area contributed by atoms with Crippen molar-refractivity contribution in [3.8, 4) is 0 Å². The van der Waals surface area contributed by atoms with E-state index in [1.807, 2.05) is 9.80 Å². The van der Waals surface area contributed by atoms with Crippen molar-refractivity contribution in [1.29, 1.82) is 0 Å². The number of carbonyl (C=O) groups excluding carboxylic acids is 1. The van der Waals surface area contributed by atoms with Crippen LogP contribution in [-0.4, -0.2) is 91.1 Å². The molecule has 0 radical (unpaired) electrons. The van der Waals surface area contributed by atoms with E-state index in [0.717, 1.165) is 74.0 Å². The van der Waals surface area contributed by atoms with Gasteiger partial charge in [0.1, 0.15) is 12.4 Å². The summed E-state index contributed by atoms with van der Waals surface area (Å²) in [5, 5.41) is 11.3. The predicted octanol–water partition coefficient (Wildman–Crippen LogP) is 2.56. The van der Waals surface area contributed by atoms with E-state index in [2.05, 4.69) is 20.2 Å². The second-order valence-electron chi connectivity index (χ2n) is 11.8. The highest BCUT2D eigenvalue weighted by Gasteiger charge is 2.58. The molecule has 9 nitrogen and oxygen atoms in total. The van der Waals surface area contributed by atoms with Gasteiger partial charge in [-0.05, 0) is 25.7 Å². The van der Waals surface area contributed by atoms with Gasteiger partial charge in [-0.3, -0.25) is 14.7 Å². The summed E-state index contributed by atoms with van der Waals surface area (Å²) < 4.78 is 38.4. The van der Waals surface area contributed by atoms with Gasteiger partial charge in [0.15, 0.2) is 5.82 Å². The van der Waals surface area contributed by atoms with Crippen LogP contribution in [-0.2, 0) is 13.1 Å². The molecule has 2 aromatic heterocycles. The molecule has 2 spiro atoms. The number of urea groups is 1. The first-order valence-corrected chi connectivity index (χ1v) is 12.4. The Labute approximate surface area is 200 Å². The number of nitrogens with one attached hydrogen (secondary N) is 1. The van der Waals surface area contributed by atoms with E-state index in [1.54, 1.807) is 0 Å². The predicted molar refractivity (Wildman–Crippen MR) is 117 cm³/mol. The molecule has 2 saturated carbocycles. The van der Waals surface area contributed by atoms with Crippen LogP contribution in [0, 0.1) is 10.8 Å². The van der Waals surface area contributed by atoms with E-state index in [-0.39, 0.29) is 16.9 Å². The van der Waals surface area contributed by atoms with Crippen molar-refractivity contribution in [3.05, 3.63) is 29.6 Å². The van der Waals surface area contributed by atoms with E-state index >= 15 is 0 Å². The monoisotopic (exact) mass is 490 g/mol. The number of halogens is 3. The van der Waals surface area contributed by atoms with Gasteiger partial charge in [-0.25, -0.2) is 9.78 Å². The lowest BCUT2D eigenvalue weighted by atomic mass is 9.57. The van der Waals surface area contributed by atoms with Crippen LogP contribution in [0.2, 0.25) is 0 Å². The Kier molecular flexibility index (Phi) is 4.45. The van der Waals surface area contributed by atoms with Crippen LogP contribution in [0.3, 0.4) is 0 Å². The van der Waals surface area contributed by atoms with Gasteiger partial charge in [-0.2, -0.15) is 23.4 Å². The molecule has 188 valence electrons. The lowest BCUT2D eigenvalue weighted by Crippen LogP contribution is -2.75. The minimum atomic E-state index is -4.27. The first-order chi connectivity index (χ1) is 16.7. The molecule has 3 aliphatic heterocycles. The molecule has 3 saturated heterocycles. The molecule has 35 heavy (non-hydrogen) atoms. The van der Waals surface area contributed by atoms with Gasteiger partial charge < -0.3 is 9.80 Å². The van der Waals surface area contributed by atoms with Crippen molar-refractivity contribution in [2.75, 3.05) is 39.3 Å². The molecule has 5 fully saturated rings. The van der Waals surface area contributed by atoms with Gasteiger partial charge in [0.05, 0.1) is 6.20 Å². The summed E-state index contributed by atoms with van der Waals surface area (Å²) in [6.07, 6.45) is 3.27. The number of carbonyl (C=O) groups is 1. The molecule has 5 aliphatic rings. The van der Waals surface area contributed by atoms with Gasteiger partial charge in [-0.1, -0.05) is 0 Å². The van der Waals surface area contributed by atoms with Crippen molar-refractivity contribution in [3.63, 3.8) is 0 Å². The number of amides is 2. The van der Waals surface area contributed by atoms with Gasteiger partial charge >= 0.3 is 12.2 Å². The number of rotatable bonds is 5. The zero-order chi connectivity index (χ0) is 24.0. The van der Waals surface area contributed by atoms with Gasteiger partial charge in [-0.15, -0.1) is 0 Å². The van der Waals surface area contributed by atoms with E-state index in [0.29, 0.717) is 18.4 Å². The summed E-state index contributed by atoms with van der Waals surface area (Å²) in [4.78, 5) is 23.7. The molecule has 7 rings (SSSR count). The van der Waals surface area contributed by atoms with E-state index in [4.69, 9.17) is 4.98 Å². The summed E-state index contributed by atoms with van der Waals surface area (Å²) >= 11 is 0. The molecule has 2 aromatic rings. The Balaban J connectivity index is 0.832. The molecule has 2 amide bonds. The summed E-state index contributed by atoms with van der Waals surface area (Å²) in [5.41, 5.74) is 1.19. The molecular formula is C23H29F3N8O. The highest BCUT2D eigenvalue weighted by Crippen LogP contribution is 2.56. The van der Waals surface area contributed by atoms with Gasteiger partial charge in [0.25, 0.3) is 0 Å². The topological polar surface area (TPSA) is 86.2 Å². The lowest BCUT2D eigenvalue weighted by Gasteiger charge is -2.63. The molecule has 0 aromatic carbocycles. The zero-order valence-electron chi connectivity index (χ0n) is 19.5. The zero-order valence-corrected chi connectivity index (χ0v) is 19.5. The Morgan fingerprint density at radius 2 is 1.71 bits per heavy atom. The van der Waals surface area contributed by atoms with Crippen LogP contribution in [0.4, 0.5) is 18.0 Å². The highest BCUT2D eigenvalue weighted by atomic mass is 19.4. The number of aromatic nitrogens is 5. The van der Waals surface area contributed by atoms with Crippen molar-refractivity contribution >= 4 is 6.03 Å². The molecular weight excluding hydrogens is 461 g/mol. The van der Waals surface area contributed by atoms with Crippen molar-refractivity contribution in [1.82, 2.24) is 39.7 Å². The smallest absolute Gasteiger partial charge is 0.323 e. The molecule has 0 atom stereocenters. The molecule has 2 aliphatic carbocycles. The van der Waals surface area contributed by atoms with Gasteiger partial charge in [0.2, 0.25) is 0 Å². The number of hydrogen-bond acceptors (Lipinski definition) is 5. The Hall–Kier alpha value is -2.63. The number of H-pyrrole nitrogens is 1. The molecule has 0 unspecified atom stereocenters. The van der Waals surface area contributed by atoms with Crippen LogP contribution in [0.25, 0.3) is 0 Å². The van der Waals surface area contributed by atoms with Crippen LogP contribution in [0.1, 0.15) is 54.7 Å². The van der Waals surface area contributed by atoms with Crippen LogP contribution >= 0.6 is 0 Å². The standard InChI is InChI=1S/C23H29F3N8O/c24-23(25,26)14-34-7-15(5-27-34)6-31-8-22(9-31)12-33(13-22)20(35)32-10-21(11-32)3-17(4-21)19-28-18(29-30-19)16-1-2-16/h5,7,16-17H,1-4,6,8-14H2,(H,28,29,30). The first-order valence-electron chi connectivity index (χ1n) is 12.4. The summed E-state index contributed by atoms with van der Waals surface area (Å²) in [5.74, 6) is 3.01. The fraction of sp³-hybridized carbons (Fsp3) is 0.739. The van der Waals surface area contributed by atoms with E-state index in [9.17, 15) is 18.0 Å².